The Balaban J connectivity index is 1.72. The Kier molecular flexibility index (Phi) is 10.6. The summed E-state index contributed by atoms with van der Waals surface area (Å²) in [5, 5.41) is 10.6. The first-order chi connectivity index (χ1) is 22.6. The summed E-state index contributed by atoms with van der Waals surface area (Å²) < 4.78 is 49.4. The van der Waals surface area contributed by atoms with E-state index in [1.165, 1.54) is 31.4 Å². The van der Waals surface area contributed by atoms with Gasteiger partial charge in [0.2, 0.25) is 29.3 Å². The molecule has 3 aromatic rings. The molecule has 0 spiro atoms. The van der Waals surface area contributed by atoms with E-state index in [1.807, 2.05) is 0 Å². The number of ether oxygens (including phenoxy) is 8. The van der Waals surface area contributed by atoms with Crippen LogP contribution in [0.2, 0.25) is 0 Å². The third kappa shape index (κ3) is 7.66. The lowest BCUT2D eigenvalue weighted by Gasteiger charge is -2.43. The minimum atomic E-state index is -1.35. The van der Waals surface area contributed by atoms with Gasteiger partial charge in [-0.2, -0.15) is 0 Å². The number of esters is 5. The fourth-order valence-electron chi connectivity index (χ4n) is 5.01. The summed E-state index contributed by atoms with van der Waals surface area (Å²) in [5.74, 6) is -5.65. The quantitative estimate of drug-likeness (QED) is 0.197. The molecule has 16 heteroatoms. The number of methoxy groups -OCH3 is 1. The number of benzene rings is 2. The molecule has 2 heterocycles. The lowest BCUT2D eigenvalue weighted by molar-refractivity contribution is -0.280. The molecule has 16 nitrogen and oxygen atoms in total. The largest absolute Gasteiger partial charge is 0.502 e. The van der Waals surface area contributed by atoms with Crippen LogP contribution in [0.1, 0.15) is 41.5 Å². The molecule has 48 heavy (non-hydrogen) atoms. The van der Waals surface area contributed by atoms with Gasteiger partial charge in [-0.25, -0.2) is 0 Å². The molecule has 1 fully saturated rings. The maximum Gasteiger partial charge on any atom is 0.308 e. The minimum absolute atomic E-state index is 0.146. The predicted octanol–water partition coefficient (Wildman–Crippen LogP) is 2.94. The monoisotopic (exact) mass is 672 g/mol. The maximum absolute atomic E-state index is 13.4. The zero-order valence-electron chi connectivity index (χ0n) is 26.8. The van der Waals surface area contributed by atoms with E-state index in [9.17, 15) is 33.9 Å². The molecule has 0 aliphatic carbocycles. The van der Waals surface area contributed by atoms with Gasteiger partial charge in [-0.15, -0.1) is 0 Å². The van der Waals surface area contributed by atoms with Gasteiger partial charge in [-0.3, -0.25) is 28.8 Å². The van der Waals surface area contributed by atoms with E-state index in [4.69, 9.17) is 42.3 Å². The van der Waals surface area contributed by atoms with Crippen molar-refractivity contribution in [2.75, 3.05) is 7.11 Å². The normalized spacial score (nSPS) is 20.3. The summed E-state index contributed by atoms with van der Waals surface area (Å²) in [7, 11) is 1.18. The molecular formula is C32H32O16. The second-order valence-electron chi connectivity index (χ2n) is 10.5. The lowest BCUT2D eigenvalue weighted by atomic mass is 9.99. The molecule has 0 saturated carbocycles. The van der Waals surface area contributed by atoms with E-state index in [-0.39, 0.29) is 45.3 Å². The third-order valence-corrected chi connectivity index (χ3v) is 6.74. The molecule has 0 radical (unpaired) electrons. The fraction of sp³-hybridized carbons (Fsp3) is 0.375. The molecule has 0 amide bonds. The number of hydrogen-bond donors (Lipinski definition) is 1. The molecule has 0 bridgehead atoms. The topological polar surface area (TPSA) is 210 Å². The van der Waals surface area contributed by atoms with Crippen LogP contribution in [0.3, 0.4) is 0 Å². The Hall–Kier alpha value is -5.64. The summed E-state index contributed by atoms with van der Waals surface area (Å²) in [6, 6.07) is 6.83. The average Bonchev–Trinajstić information content (AvgIpc) is 2.98. The Morgan fingerprint density at radius 3 is 1.85 bits per heavy atom. The van der Waals surface area contributed by atoms with Crippen LogP contribution in [-0.4, -0.2) is 72.8 Å². The van der Waals surface area contributed by atoms with Gasteiger partial charge < -0.3 is 47.4 Å². The Morgan fingerprint density at radius 1 is 0.750 bits per heavy atom. The van der Waals surface area contributed by atoms with Crippen molar-refractivity contribution in [1.29, 1.82) is 0 Å². The van der Waals surface area contributed by atoms with Crippen molar-refractivity contribution >= 4 is 40.8 Å². The smallest absolute Gasteiger partial charge is 0.308 e. The van der Waals surface area contributed by atoms with Gasteiger partial charge >= 0.3 is 29.8 Å². The summed E-state index contributed by atoms with van der Waals surface area (Å²) in [4.78, 5) is 72.5. The Labute approximate surface area is 272 Å². The number of aromatic hydroxyl groups is 1. The van der Waals surface area contributed by atoms with Crippen molar-refractivity contribution in [1.82, 2.24) is 0 Å². The van der Waals surface area contributed by atoms with Gasteiger partial charge in [0.1, 0.15) is 16.7 Å². The van der Waals surface area contributed by atoms with Crippen LogP contribution in [0.5, 0.6) is 28.7 Å². The van der Waals surface area contributed by atoms with Gasteiger partial charge in [0.25, 0.3) is 0 Å². The molecule has 1 aliphatic rings. The highest BCUT2D eigenvalue weighted by Gasteiger charge is 2.51. The fourth-order valence-corrected chi connectivity index (χ4v) is 5.01. The first kappa shape index (κ1) is 35.2. The van der Waals surface area contributed by atoms with Gasteiger partial charge in [-0.05, 0) is 31.2 Å². The van der Waals surface area contributed by atoms with Gasteiger partial charge in [0.05, 0.1) is 13.2 Å². The summed E-state index contributed by atoms with van der Waals surface area (Å²) in [6.45, 7) is 7.17. The van der Waals surface area contributed by atoms with Crippen LogP contribution in [0, 0.1) is 0 Å². The van der Waals surface area contributed by atoms with E-state index < -0.39 is 71.7 Å². The molecule has 1 N–H and O–H groups in total. The van der Waals surface area contributed by atoms with Gasteiger partial charge in [0.15, 0.2) is 29.5 Å². The number of rotatable bonds is 9. The van der Waals surface area contributed by atoms with Gasteiger partial charge in [0, 0.05) is 46.2 Å². The van der Waals surface area contributed by atoms with Crippen LogP contribution < -0.4 is 24.4 Å². The molecule has 1 aromatic heterocycles. The summed E-state index contributed by atoms with van der Waals surface area (Å²) in [6.07, 6.45) is -5.96. The first-order valence-electron chi connectivity index (χ1n) is 14.3. The summed E-state index contributed by atoms with van der Waals surface area (Å²) >= 11 is 0. The molecule has 2 aromatic carbocycles. The molecule has 256 valence electrons. The van der Waals surface area contributed by atoms with Crippen molar-refractivity contribution in [2.45, 2.75) is 72.2 Å². The van der Waals surface area contributed by atoms with E-state index in [0.29, 0.717) is 0 Å². The minimum Gasteiger partial charge on any atom is -0.502 e. The van der Waals surface area contributed by atoms with Gasteiger partial charge in [-0.1, -0.05) is 0 Å². The van der Waals surface area contributed by atoms with Crippen LogP contribution >= 0.6 is 0 Å². The van der Waals surface area contributed by atoms with Crippen molar-refractivity contribution in [3.63, 3.8) is 0 Å². The molecular weight excluding hydrogens is 640 g/mol. The van der Waals surface area contributed by atoms with Crippen molar-refractivity contribution in [2.24, 2.45) is 0 Å². The second kappa shape index (κ2) is 14.4. The van der Waals surface area contributed by atoms with Crippen molar-refractivity contribution < 1.29 is 71.4 Å². The van der Waals surface area contributed by atoms with E-state index in [1.54, 1.807) is 6.92 Å². The van der Waals surface area contributed by atoms with Crippen LogP contribution in [-0.2, 0) is 42.9 Å². The number of fused-ring (bicyclic) bond motifs is 1. The number of carbonyl (C=O) groups excluding carboxylic acids is 5. The molecule has 5 unspecified atom stereocenters. The van der Waals surface area contributed by atoms with Crippen LogP contribution in [0.15, 0.2) is 39.5 Å². The van der Waals surface area contributed by atoms with E-state index in [2.05, 4.69) is 0 Å². The second-order valence-corrected chi connectivity index (χ2v) is 10.5. The average molecular weight is 673 g/mol. The SMILES string of the molecule is COc1c(OC(C)=O)c(OC(C)=O)cc2oc(-c3ccc(OC4OC(C)C(OC(C)=O)C(OC(C)=O)C4OC(C)=O)cc3)c(O)c(=O)c12. The highest BCUT2D eigenvalue weighted by molar-refractivity contribution is 5.93. The van der Waals surface area contributed by atoms with E-state index >= 15 is 0 Å². The summed E-state index contributed by atoms with van der Waals surface area (Å²) in [5.41, 5.74) is -0.929. The van der Waals surface area contributed by atoms with Crippen LogP contribution in [0.25, 0.3) is 22.3 Å². The predicted molar refractivity (Wildman–Crippen MR) is 160 cm³/mol. The number of hydrogen-bond acceptors (Lipinski definition) is 16. The zero-order valence-corrected chi connectivity index (χ0v) is 26.8. The molecule has 1 saturated heterocycles. The number of carbonyl (C=O) groups is 5. The highest BCUT2D eigenvalue weighted by atomic mass is 16.7. The van der Waals surface area contributed by atoms with Crippen LogP contribution in [0.4, 0.5) is 0 Å². The maximum atomic E-state index is 13.4. The third-order valence-electron chi connectivity index (χ3n) is 6.74. The first-order valence-corrected chi connectivity index (χ1v) is 14.3. The Morgan fingerprint density at radius 2 is 1.31 bits per heavy atom. The Bertz CT molecular complexity index is 1810. The molecule has 5 atom stereocenters. The zero-order chi connectivity index (χ0) is 35.4. The molecule has 4 rings (SSSR count). The standard InChI is InChI=1S/C32H32O16/c1-13-26(43-15(3)34)30(45-17(5)36)31(46-18(6)37)32(41-13)47-20-10-8-19(9-11-20)27-25(39)24(38)23-21(48-27)12-22(42-14(2)33)28(29(23)40-7)44-16(4)35/h8-13,26,30-32,39H,1-7H3. The lowest BCUT2D eigenvalue weighted by Crippen LogP contribution is -2.62. The van der Waals surface area contributed by atoms with Crippen molar-refractivity contribution in [3.05, 3.63) is 40.6 Å². The highest BCUT2D eigenvalue weighted by Crippen LogP contribution is 2.45. The molecule has 1 aliphatic heterocycles. The van der Waals surface area contributed by atoms with E-state index in [0.717, 1.165) is 40.7 Å². The van der Waals surface area contributed by atoms with Crippen molar-refractivity contribution in [3.8, 4) is 40.1 Å².